The lowest BCUT2D eigenvalue weighted by Crippen LogP contribution is -2.49. The molecule has 2 N–H and O–H groups in total. The minimum absolute atomic E-state index is 0.111. The number of hydrogen-bond donors (Lipinski definition) is 2. The summed E-state index contributed by atoms with van der Waals surface area (Å²) in [4.78, 5) is 14.1. The van der Waals surface area contributed by atoms with Crippen LogP contribution in [0.5, 0.6) is 0 Å². The van der Waals surface area contributed by atoms with Gasteiger partial charge in [0.25, 0.3) is 0 Å². The quantitative estimate of drug-likeness (QED) is 0.884. The fraction of sp³-hybridized carbons (Fsp3) is 0.588. The minimum atomic E-state index is -4.40. The number of nitrogens with zero attached hydrogens (tertiary/aromatic N) is 1. The number of alkyl halides is 3. The molecule has 2 aliphatic rings. The van der Waals surface area contributed by atoms with E-state index < -0.39 is 30.7 Å². The molecule has 1 aliphatic heterocycles. The molecule has 3 rings (SSSR count). The van der Waals surface area contributed by atoms with Crippen molar-refractivity contribution in [2.45, 2.75) is 37.6 Å². The van der Waals surface area contributed by atoms with Crippen molar-refractivity contribution in [2.75, 3.05) is 19.6 Å². The van der Waals surface area contributed by atoms with Crippen molar-refractivity contribution in [3.05, 3.63) is 35.4 Å². The highest BCUT2D eigenvalue weighted by molar-refractivity contribution is 5.79. The number of piperidine rings is 1. The van der Waals surface area contributed by atoms with Gasteiger partial charge in [0.05, 0.1) is 12.0 Å². The lowest BCUT2D eigenvalue weighted by Gasteiger charge is -2.37. The first kappa shape index (κ1) is 17.2. The van der Waals surface area contributed by atoms with Crippen LogP contribution >= 0.6 is 0 Å². The molecule has 0 aromatic heterocycles. The van der Waals surface area contributed by atoms with Crippen LogP contribution in [0.1, 0.15) is 30.1 Å². The Morgan fingerprint density at radius 3 is 2.79 bits per heavy atom. The second kappa shape index (κ2) is 6.72. The molecule has 0 spiro atoms. The van der Waals surface area contributed by atoms with Crippen LogP contribution in [0.15, 0.2) is 24.3 Å². The lowest BCUT2D eigenvalue weighted by atomic mass is 9.94. The molecule has 7 heteroatoms. The Balaban J connectivity index is 1.61. The van der Waals surface area contributed by atoms with Crippen molar-refractivity contribution in [2.24, 2.45) is 5.92 Å². The molecule has 0 radical (unpaired) electrons. The Hall–Kier alpha value is -1.60. The molecule has 3 unspecified atom stereocenters. The van der Waals surface area contributed by atoms with Crippen molar-refractivity contribution in [3.8, 4) is 0 Å². The Kier molecular flexibility index (Phi) is 4.83. The van der Waals surface area contributed by atoms with Gasteiger partial charge < -0.3 is 10.4 Å². The van der Waals surface area contributed by atoms with E-state index >= 15 is 0 Å². The van der Waals surface area contributed by atoms with Gasteiger partial charge in [-0.15, -0.1) is 0 Å². The highest BCUT2D eigenvalue weighted by Gasteiger charge is 2.38. The highest BCUT2D eigenvalue weighted by atomic mass is 19.4. The van der Waals surface area contributed by atoms with E-state index in [1.54, 1.807) is 0 Å². The lowest BCUT2D eigenvalue weighted by molar-refractivity contribution is -0.142. The highest BCUT2D eigenvalue weighted by Crippen LogP contribution is 2.36. The van der Waals surface area contributed by atoms with E-state index in [2.05, 4.69) is 0 Å². The van der Waals surface area contributed by atoms with Crippen LogP contribution in [-0.4, -0.2) is 47.8 Å². The van der Waals surface area contributed by atoms with Crippen molar-refractivity contribution >= 4 is 5.91 Å². The smallest absolute Gasteiger partial charge is 0.387 e. The number of hydrogen-bond acceptors (Lipinski definition) is 3. The van der Waals surface area contributed by atoms with Gasteiger partial charge in [-0.25, -0.2) is 0 Å². The van der Waals surface area contributed by atoms with Crippen LogP contribution in [0.2, 0.25) is 0 Å². The first-order valence-electron chi connectivity index (χ1n) is 8.19. The topological polar surface area (TPSA) is 52.6 Å². The summed E-state index contributed by atoms with van der Waals surface area (Å²) in [5, 5.41) is 12.5. The molecular weight excluding hydrogens is 321 g/mol. The Morgan fingerprint density at radius 2 is 2.08 bits per heavy atom. The zero-order valence-corrected chi connectivity index (χ0v) is 13.2. The van der Waals surface area contributed by atoms with Crippen molar-refractivity contribution in [1.82, 2.24) is 10.2 Å². The summed E-state index contributed by atoms with van der Waals surface area (Å²) in [6.07, 6.45) is -2.99. The summed E-state index contributed by atoms with van der Waals surface area (Å²) in [6, 6.07) is 7.58. The number of fused-ring (bicyclic) bond motifs is 1. The van der Waals surface area contributed by atoms with Gasteiger partial charge in [-0.3, -0.25) is 9.69 Å². The van der Waals surface area contributed by atoms with Crippen molar-refractivity contribution in [1.29, 1.82) is 0 Å². The third kappa shape index (κ3) is 3.72. The predicted octanol–water partition coefficient (Wildman–Crippen LogP) is 2.04. The fourth-order valence-electron chi connectivity index (χ4n) is 3.73. The van der Waals surface area contributed by atoms with Gasteiger partial charge in [-0.2, -0.15) is 13.2 Å². The molecule has 3 atom stereocenters. The zero-order chi connectivity index (χ0) is 17.3. The molecule has 4 nitrogen and oxygen atoms in total. The molecule has 0 saturated carbocycles. The second-order valence-corrected chi connectivity index (χ2v) is 6.58. The average molecular weight is 342 g/mol. The summed E-state index contributed by atoms with van der Waals surface area (Å²) in [7, 11) is 0. The van der Waals surface area contributed by atoms with E-state index in [4.69, 9.17) is 0 Å². The largest absolute Gasteiger partial charge is 0.405 e. The summed E-state index contributed by atoms with van der Waals surface area (Å²) in [6.45, 7) is -0.155. The summed E-state index contributed by atoms with van der Waals surface area (Å²) >= 11 is 0. The summed E-state index contributed by atoms with van der Waals surface area (Å²) in [5.74, 6) is -1.01. The minimum Gasteiger partial charge on any atom is -0.387 e. The van der Waals surface area contributed by atoms with Crippen LogP contribution in [-0.2, 0) is 11.2 Å². The van der Waals surface area contributed by atoms with Gasteiger partial charge >= 0.3 is 6.18 Å². The predicted molar refractivity (Wildman–Crippen MR) is 82.3 cm³/mol. The number of benzene rings is 1. The van der Waals surface area contributed by atoms with Crippen LogP contribution in [0.25, 0.3) is 0 Å². The molecule has 1 heterocycles. The molecule has 1 amide bonds. The van der Waals surface area contributed by atoms with Gasteiger partial charge in [0.2, 0.25) is 5.91 Å². The van der Waals surface area contributed by atoms with Crippen LogP contribution < -0.4 is 5.32 Å². The molecule has 1 aromatic carbocycles. The maximum atomic E-state index is 12.3. The van der Waals surface area contributed by atoms with Gasteiger partial charge in [-0.05, 0) is 36.9 Å². The summed E-state index contributed by atoms with van der Waals surface area (Å²) in [5.41, 5.74) is 2.00. The van der Waals surface area contributed by atoms with Gasteiger partial charge in [-0.1, -0.05) is 24.3 Å². The number of likely N-dealkylation sites (tertiary alicyclic amines) is 1. The zero-order valence-electron chi connectivity index (χ0n) is 13.2. The summed E-state index contributed by atoms with van der Waals surface area (Å²) < 4.78 is 36.8. The number of amides is 1. The van der Waals surface area contributed by atoms with E-state index in [1.807, 2.05) is 34.5 Å². The van der Waals surface area contributed by atoms with Gasteiger partial charge in [0.15, 0.2) is 0 Å². The Morgan fingerprint density at radius 1 is 1.33 bits per heavy atom. The van der Waals surface area contributed by atoms with E-state index in [0.29, 0.717) is 19.4 Å². The molecule has 24 heavy (non-hydrogen) atoms. The average Bonchev–Trinajstić information content (AvgIpc) is 2.89. The number of halogens is 3. The second-order valence-electron chi connectivity index (χ2n) is 6.58. The third-order valence-corrected chi connectivity index (χ3v) is 4.92. The van der Waals surface area contributed by atoms with Crippen LogP contribution in [0.4, 0.5) is 13.2 Å². The molecule has 0 bridgehead atoms. The number of carbonyl (C=O) groups excluding carboxylic acids is 1. The molecule has 1 fully saturated rings. The molecule has 1 saturated heterocycles. The normalized spacial score (nSPS) is 27.8. The van der Waals surface area contributed by atoms with Crippen LogP contribution in [0.3, 0.4) is 0 Å². The van der Waals surface area contributed by atoms with E-state index in [9.17, 15) is 23.1 Å². The van der Waals surface area contributed by atoms with E-state index in [-0.39, 0.29) is 6.04 Å². The number of nitrogens with one attached hydrogen (secondary N) is 1. The first-order valence-corrected chi connectivity index (χ1v) is 8.19. The standard InChI is InChI=1S/C17H21F3N2O2/c18-17(19,20)10-21-16(24)12-5-3-7-22(9-12)14-8-11-4-1-2-6-13(11)15(14)23/h1-2,4,6,12,14-15,23H,3,5,7-10H2,(H,21,24). The maximum absolute atomic E-state index is 12.3. The number of rotatable bonds is 3. The SMILES string of the molecule is O=C(NCC(F)(F)F)C1CCCN(C2Cc3ccccc3C2O)C1. The van der Waals surface area contributed by atoms with Gasteiger partial charge in [0, 0.05) is 12.6 Å². The fourth-order valence-corrected chi connectivity index (χ4v) is 3.73. The van der Waals surface area contributed by atoms with Crippen LogP contribution in [0, 0.1) is 5.92 Å². The van der Waals surface area contributed by atoms with Crippen molar-refractivity contribution < 1.29 is 23.1 Å². The number of carbonyl (C=O) groups is 1. The molecule has 1 aliphatic carbocycles. The van der Waals surface area contributed by atoms with E-state index in [1.165, 1.54) is 0 Å². The monoisotopic (exact) mass is 342 g/mol. The number of aliphatic hydroxyl groups excluding tert-OH is 1. The molecule has 1 aromatic rings. The van der Waals surface area contributed by atoms with E-state index in [0.717, 1.165) is 24.1 Å². The maximum Gasteiger partial charge on any atom is 0.405 e. The number of aliphatic hydroxyl groups is 1. The molecule has 132 valence electrons. The Bertz CT molecular complexity index is 606. The van der Waals surface area contributed by atoms with Crippen molar-refractivity contribution in [3.63, 3.8) is 0 Å². The Labute approximate surface area is 138 Å². The van der Waals surface area contributed by atoms with Gasteiger partial charge in [0.1, 0.15) is 6.54 Å². The third-order valence-electron chi connectivity index (χ3n) is 4.92. The molecular formula is C17H21F3N2O2. The first-order chi connectivity index (χ1) is 11.3.